The topological polar surface area (TPSA) is 66.9 Å². The van der Waals surface area contributed by atoms with Crippen molar-refractivity contribution < 1.29 is 4.79 Å². The molecule has 0 aliphatic heterocycles. The first kappa shape index (κ1) is 8.73. The minimum atomic E-state index is -0.202. The number of hydrogen-bond donors (Lipinski definition) is 2. The Morgan fingerprint density at radius 3 is 2.75 bits per heavy atom. The van der Waals surface area contributed by atoms with Gasteiger partial charge in [0.1, 0.15) is 0 Å². The highest BCUT2D eigenvalue weighted by Crippen LogP contribution is 2.04. The molecule has 0 spiro atoms. The maximum atomic E-state index is 10.4. The predicted molar refractivity (Wildman–Crippen MR) is 44.5 cm³/mol. The number of anilines is 1. The number of aromatic nitrogens is 2. The molecule has 0 saturated carbocycles. The summed E-state index contributed by atoms with van der Waals surface area (Å²) in [7, 11) is 0. The van der Waals surface area contributed by atoms with Crippen molar-refractivity contribution >= 4 is 23.3 Å². The molecule has 1 rings (SSSR count). The Morgan fingerprint density at radius 1 is 1.50 bits per heavy atom. The second-order valence-electron chi connectivity index (χ2n) is 2.05. The lowest BCUT2D eigenvalue weighted by atomic mass is 10.5. The first-order chi connectivity index (χ1) is 5.68. The lowest BCUT2D eigenvalue weighted by molar-refractivity contribution is -0.118. The number of halogens is 1. The van der Waals surface area contributed by atoms with E-state index in [9.17, 15) is 4.79 Å². The second-order valence-corrected chi connectivity index (χ2v) is 2.43. The molecule has 0 radical (unpaired) electrons. The van der Waals surface area contributed by atoms with Crippen molar-refractivity contribution in [1.82, 2.24) is 15.6 Å². The normalized spacial score (nSPS) is 9.17. The summed E-state index contributed by atoms with van der Waals surface area (Å²) in [5, 5.41) is 7.51. The molecule has 0 saturated heterocycles. The molecule has 0 fully saturated rings. The van der Waals surface area contributed by atoms with E-state index < -0.39 is 0 Å². The van der Waals surface area contributed by atoms with E-state index >= 15 is 0 Å². The molecule has 5 nitrogen and oxygen atoms in total. The summed E-state index contributed by atoms with van der Waals surface area (Å²) in [6.45, 7) is 1.39. The van der Waals surface area contributed by atoms with Crippen LogP contribution in [0, 0.1) is 0 Å². The van der Waals surface area contributed by atoms with Crippen molar-refractivity contribution in [2.75, 3.05) is 5.43 Å². The molecule has 0 aliphatic carbocycles. The number of hydrazine groups is 1. The quantitative estimate of drug-likeness (QED) is 0.664. The fourth-order valence-corrected chi connectivity index (χ4v) is 0.636. The number of amides is 1. The number of nitrogens with one attached hydrogen (secondary N) is 2. The summed E-state index contributed by atoms with van der Waals surface area (Å²) in [6.07, 6.45) is 0. The van der Waals surface area contributed by atoms with Crippen LogP contribution < -0.4 is 10.9 Å². The first-order valence-electron chi connectivity index (χ1n) is 3.20. The number of hydrogen-bond acceptors (Lipinski definition) is 4. The van der Waals surface area contributed by atoms with Crippen LogP contribution in [0.3, 0.4) is 0 Å². The maximum Gasteiger partial charge on any atom is 0.235 e. The minimum absolute atomic E-state index is 0.202. The lowest BCUT2D eigenvalue weighted by Crippen LogP contribution is -2.27. The summed E-state index contributed by atoms with van der Waals surface area (Å²) in [6, 6.07) is 3.17. The Hall–Kier alpha value is -1.36. The number of carbonyl (C=O) groups excluding carboxylic acids is 1. The van der Waals surface area contributed by atoms with Crippen LogP contribution in [0.15, 0.2) is 12.1 Å². The molecule has 0 atom stereocenters. The van der Waals surface area contributed by atoms with Gasteiger partial charge in [0.15, 0.2) is 11.0 Å². The van der Waals surface area contributed by atoms with Gasteiger partial charge in [-0.1, -0.05) is 11.6 Å². The molecular weight excluding hydrogens is 180 g/mol. The van der Waals surface area contributed by atoms with Crippen molar-refractivity contribution in [3.63, 3.8) is 0 Å². The van der Waals surface area contributed by atoms with Gasteiger partial charge in [-0.25, -0.2) is 0 Å². The SMILES string of the molecule is CC(=O)NNc1ccc(Cl)nn1. The van der Waals surface area contributed by atoms with Gasteiger partial charge in [0.05, 0.1) is 0 Å². The summed E-state index contributed by atoms with van der Waals surface area (Å²) < 4.78 is 0. The van der Waals surface area contributed by atoms with E-state index in [1.54, 1.807) is 12.1 Å². The highest BCUT2D eigenvalue weighted by atomic mass is 35.5. The monoisotopic (exact) mass is 186 g/mol. The largest absolute Gasteiger partial charge is 0.280 e. The van der Waals surface area contributed by atoms with Crippen molar-refractivity contribution in [2.24, 2.45) is 0 Å². The molecule has 0 aromatic carbocycles. The average Bonchev–Trinajstić information content (AvgIpc) is 2.03. The zero-order valence-electron chi connectivity index (χ0n) is 6.34. The van der Waals surface area contributed by atoms with Gasteiger partial charge in [-0.15, -0.1) is 10.2 Å². The van der Waals surface area contributed by atoms with Crippen LogP contribution in [-0.4, -0.2) is 16.1 Å². The molecule has 1 heterocycles. The minimum Gasteiger partial charge on any atom is -0.280 e. The van der Waals surface area contributed by atoms with E-state index in [-0.39, 0.29) is 5.91 Å². The number of carbonyl (C=O) groups is 1. The van der Waals surface area contributed by atoms with E-state index in [4.69, 9.17) is 11.6 Å². The van der Waals surface area contributed by atoms with Crippen LogP contribution in [-0.2, 0) is 4.79 Å². The molecule has 1 aromatic heterocycles. The van der Waals surface area contributed by atoms with Crippen LogP contribution in [0.4, 0.5) is 5.82 Å². The highest BCUT2D eigenvalue weighted by molar-refractivity contribution is 6.29. The molecule has 1 aromatic rings. The molecule has 64 valence electrons. The van der Waals surface area contributed by atoms with E-state index in [0.717, 1.165) is 0 Å². The van der Waals surface area contributed by atoms with Crippen LogP contribution >= 0.6 is 11.6 Å². The molecule has 0 aliphatic rings. The zero-order valence-corrected chi connectivity index (χ0v) is 7.09. The fourth-order valence-electron chi connectivity index (χ4n) is 0.535. The van der Waals surface area contributed by atoms with Gasteiger partial charge in [-0.05, 0) is 12.1 Å². The van der Waals surface area contributed by atoms with Gasteiger partial charge in [0, 0.05) is 6.92 Å². The Morgan fingerprint density at radius 2 is 2.25 bits per heavy atom. The molecule has 0 unspecified atom stereocenters. The van der Waals surface area contributed by atoms with Crippen LogP contribution in [0.5, 0.6) is 0 Å². The van der Waals surface area contributed by atoms with E-state index in [1.807, 2.05) is 0 Å². The number of rotatable bonds is 2. The van der Waals surface area contributed by atoms with Crippen molar-refractivity contribution in [3.8, 4) is 0 Å². The van der Waals surface area contributed by atoms with Gasteiger partial charge in [-0.3, -0.25) is 15.6 Å². The summed E-state index contributed by atoms with van der Waals surface area (Å²) in [5.41, 5.74) is 4.89. The predicted octanol–water partition coefficient (Wildman–Crippen LogP) is 0.593. The fraction of sp³-hybridized carbons (Fsp3) is 0.167. The van der Waals surface area contributed by atoms with Gasteiger partial charge < -0.3 is 0 Å². The smallest absolute Gasteiger partial charge is 0.235 e. The third-order valence-electron chi connectivity index (χ3n) is 0.999. The standard InChI is InChI=1S/C6H7ClN4O/c1-4(12)8-10-6-3-2-5(7)9-11-6/h2-3H,1H3,(H,8,12)(H,10,11). The molecule has 1 amide bonds. The summed E-state index contributed by atoms with van der Waals surface area (Å²) in [4.78, 5) is 10.4. The van der Waals surface area contributed by atoms with E-state index in [1.165, 1.54) is 6.92 Å². The Balaban J connectivity index is 2.53. The maximum absolute atomic E-state index is 10.4. The molecule has 2 N–H and O–H groups in total. The van der Waals surface area contributed by atoms with E-state index in [0.29, 0.717) is 11.0 Å². The summed E-state index contributed by atoms with van der Waals surface area (Å²) in [5.74, 6) is 0.237. The Kier molecular flexibility index (Phi) is 2.82. The zero-order chi connectivity index (χ0) is 8.97. The van der Waals surface area contributed by atoms with Gasteiger partial charge in [0.2, 0.25) is 5.91 Å². The third-order valence-corrected chi connectivity index (χ3v) is 1.20. The van der Waals surface area contributed by atoms with Crippen molar-refractivity contribution in [1.29, 1.82) is 0 Å². The van der Waals surface area contributed by atoms with Crippen LogP contribution in [0.25, 0.3) is 0 Å². The second kappa shape index (κ2) is 3.87. The Bertz CT molecular complexity index is 273. The van der Waals surface area contributed by atoms with Gasteiger partial charge >= 0.3 is 0 Å². The van der Waals surface area contributed by atoms with Gasteiger partial charge in [0.25, 0.3) is 0 Å². The average molecular weight is 187 g/mol. The van der Waals surface area contributed by atoms with Gasteiger partial charge in [-0.2, -0.15) is 0 Å². The lowest BCUT2D eigenvalue weighted by Gasteiger charge is -2.02. The molecule has 12 heavy (non-hydrogen) atoms. The van der Waals surface area contributed by atoms with E-state index in [2.05, 4.69) is 21.0 Å². The summed E-state index contributed by atoms with van der Waals surface area (Å²) >= 11 is 5.49. The highest BCUT2D eigenvalue weighted by Gasteiger charge is 1.94. The number of nitrogens with zero attached hydrogens (tertiary/aromatic N) is 2. The first-order valence-corrected chi connectivity index (χ1v) is 3.58. The van der Waals surface area contributed by atoms with Crippen LogP contribution in [0.1, 0.15) is 6.92 Å². The molecular formula is C6H7ClN4O. The molecule has 6 heteroatoms. The van der Waals surface area contributed by atoms with Crippen LogP contribution in [0.2, 0.25) is 5.15 Å². The molecule has 0 bridgehead atoms. The Labute approximate surface area is 74.1 Å². The van der Waals surface area contributed by atoms with Crippen molar-refractivity contribution in [3.05, 3.63) is 17.3 Å². The van der Waals surface area contributed by atoms with Crippen molar-refractivity contribution in [2.45, 2.75) is 6.92 Å². The third kappa shape index (κ3) is 2.71.